The zero-order chi connectivity index (χ0) is 13.3. The maximum absolute atomic E-state index is 11.9. The summed E-state index contributed by atoms with van der Waals surface area (Å²) in [5.74, 6) is -0.589. The lowest BCUT2D eigenvalue weighted by Gasteiger charge is -2.17. The van der Waals surface area contributed by atoms with Crippen molar-refractivity contribution in [1.29, 1.82) is 0 Å². The summed E-state index contributed by atoms with van der Waals surface area (Å²) in [5, 5.41) is 15.3. The minimum absolute atomic E-state index is 0.0877. The number of aromatic nitrogens is 1. The van der Waals surface area contributed by atoms with E-state index >= 15 is 0 Å². The average molecular weight is 277 g/mol. The summed E-state index contributed by atoms with van der Waals surface area (Å²) in [6, 6.07) is 0. The van der Waals surface area contributed by atoms with Crippen LogP contribution in [-0.2, 0) is 20.1 Å². The Morgan fingerprint density at radius 1 is 1.71 bits per heavy atom. The molecule has 1 aromatic rings. The van der Waals surface area contributed by atoms with Crippen LogP contribution in [-0.4, -0.2) is 26.8 Å². The second-order valence-corrected chi connectivity index (χ2v) is 7.25. The Balaban J connectivity index is 3.21. The number of rotatable bonds is 3. The molecule has 1 aromatic heterocycles. The third kappa shape index (κ3) is 3.32. The molecule has 0 bridgehead atoms. The first kappa shape index (κ1) is 14.2. The lowest BCUT2D eigenvalue weighted by Crippen LogP contribution is -2.21. The van der Waals surface area contributed by atoms with Gasteiger partial charge in [-0.15, -0.1) is 15.7 Å². The highest BCUT2D eigenvalue weighted by Gasteiger charge is 2.25. The molecule has 0 fully saturated rings. The number of carbonyl (C=O) groups is 1. The normalized spacial score (nSPS) is 15.4. The van der Waals surface area contributed by atoms with Gasteiger partial charge >= 0.3 is 0 Å². The van der Waals surface area contributed by atoms with Gasteiger partial charge in [0.05, 0.1) is 12.8 Å². The molecule has 3 N–H and O–H groups in total. The van der Waals surface area contributed by atoms with Crippen molar-refractivity contribution < 1.29 is 14.1 Å². The largest absolute Gasteiger partial charge is 0.395 e. The molecule has 0 saturated carbocycles. The van der Waals surface area contributed by atoms with Crippen molar-refractivity contribution in [3.63, 3.8) is 0 Å². The van der Waals surface area contributed by atoms with Gasteiger partial charge in [0.2, 0.25) is 0 Å². The number of nitrogens with zero attached hydrogens (tertiary/aromatic N) is 2. The Kier molecular flexibility index (Phi) is 4.03. The monoisotopic (exact) mass is 277 g/mol. The van der Waals surface area contributed by atoms with Crippen LogP contribution < -0.4 is 5.14 Å². The van der Waals surface area contributed by atoms with E-state index in [1.165, 1.54) is 13.1 Å². The first-order valence-electron chi connectivity index (χ1n) is 4.82. The number of amides is 1. The summed E-state index contributed by atoms with van der Waals surface area (Å²) in [6.45, 7) is 4.70. The van der Waals surface area contributed by atoms with Crippen LogP contribution in [0.5, 0.6) is 0 Å². The minimum atomic E-state index is -3.21. The van der Waals surface area contributed by atoms with Gasteiger partial charge in [0.15, 0.2) is 9.92 Å². The van der Waals surface area contributed by atoms with Crippen molar-refractivity contribution in [3.8, 4) is 0 Å². The van der Waals surface area contributed by atoms with Crippen molar-refractivity contribution in [2.75, 3.05) is 6.61 Å². The molecule has 17 heavy (non-hydrogen) atoms. The van der Waals surface area contributed by atoms with Crippen LogP contribution in [0.15, 0.2) is 14.8 Å². The Morgan fingerprint density at radius 2 is 2.29 bits per heavy atom. The molecule has 0 radical (unpaired) electrons. The first-order chi connectivity index (χ1) is 7.69. The van der Waals surface area contributed by atoms with Gasteiger partial charge in [0.1, 0.15) is 9.22 Å². The smallest absolute Gasteiger partial charge is 0.251 e. The molecule has 0 spiro atoms. The lowest BCUT2D eigenvalue weighted by atomic mass is 9.96. The molecule has 1 unspecified atom stereocenters. The predicted octanol–water partition coefficient (Wildman–Crippen LogP) is 0.660. The summed E-state index contributed by atoms with van der Waals surface area (Å²) in [6.07, 6.45) is 1.34. The van der Waals surface area contributed by atoms with E-state index < -0.39 is 21.2 Å². The molecule has 1 atom stereocenters. The Hall–Kier alpha value is -0.830. The number of aliphatic hydroxyl groups excluding tert-OH is 1. The Morgan fingerprint density at radius 3 is 2.76 bits per heavy atom. The second-order valence-electron chi connectivity index (χ2n) is 4.21. The third-order valence-corrected chi connectivity index (χ3v) is 5.35. The lowest BCUT2D eigenvalue weighted by molar-refractivity contribution is -0.115. The van der Waals surface area contributed by atoms with Crippen LogP contribution in [0, 0.1) is 0 Å². The van der Waals surface area contributed by atoms with Gasteiger partial charge in [-0.25, -0.2) is 14.3 Å². The SMILES string of the molecule is CC(=O)N=S(N)(=O)c1cnc(C(C)(C)CO)s1. The number of hydrogen-bond acceptors (Lipinski definition) is 5. The highest BCUT2D eigenvalue weighted by Crippen LogP contribution is 2.29. The molecule has 0 aromatic carbocycles. The summed E-state index contributed by atoms with van der Waals surface area (Å²) < 4.78 is 15.5. The summed E-state index contributed by atoms with van der Waals surface area (Å²) in [4.78, 5) is 14.9. The highest BCUT2D eigenvalue weighted by atomic mass is 32.2. The number of aliphatic hydroxyl groups is 1. The van der Waals surface area contributed by atoms with E-state index in [4.69, 9.17) is 5.14 Å². The molecule has 1 heterocycles. The first-order valence-corrected chi connectivity index (χ1v) is 7.21. The van der Waals surface area contributed by atoms with E-state index in [9.17, 15) is 14.1 Å². The van der Waals surface area contributed by atoms with Crippen molar-refractivity contribution >= 4 is 27.2 Å². The van der Waals surface area contributed by atoms with Crippen LogP contribution in [0.3, 0.4) is 0 Å². The molecule has 8 heteroatoms. The van der Waals surface area contributed by atoms with Crippen LogP contribution in [0.1, 0.15) is 25.8 Å². The molecule has 0 aliphatic carbocycles. The van der Waals surface area contributed by atoms with Gasteiger partial charge in [-0.1, -0.05) is 13.8 Å². The minimum Gasteiger partial charge on any atom is -0.395 e. The number of thiazole rings is 1. The van der Waals surface area contributed by atoms with Gasteiger partial charge < -0.3 is 5.11 Å². The fraction of sp³-hybridized carbons (Fsp3) is 0.556. The van der Waals surface area contributed by atoms with Crippen LogP contribution in [0.4, 0.5) is 0 Å². The average Bonchev–Trinajstić information content (AvgIpc) is 2.65. The fourth-order valence-corrected chi connectivity index (χ4v) is 3.26. The van der Waals surface area contributed by atoms with Crippen LogP contribution in [0.2, 0.25) is 0 Å². The van der Waals surface area contributed by atoms with Gasteiger partial charge in [-0.2, -0.15) is 0 Å². The molecular formula is C9H15N3O3S2. The number of nitrogens with two attached hydrogens (primary N) is 1. The van der Waals surface area contributed by atoms with Crippen molar-refractivity contribution in [3.05, 3.63) is 11.2 Å². The summed E-state index contributed by atoms with van der Waals surface area (Å²) in [5.41, 5.74) is -0.533. The molecule has 96 valence electrons. The number of hydrogen-bond donors (Lipinski definition) is 2. The molecule has 6 nitrogen and oxygen atoms in total. The highest BCUT2D eigenvalue weighted by molar-refractivity contribution is 7.93. The topological polar surface area (TPSA) is 106 Å². The van der Waals surface area contributed by atoms with Crippen molar-refractivity contribution in [1.82, 2.24) is 4.98 Å². The second kappa shape index (κ2) is 4.81. The maximum atomic E-state index is 11.9. The van der Waals surface area contributed by atoms with Crippen LogP contribution >= 0.6 is 11.3 Å². The van der Waals surface area contributed by atoms with Gasteiger partial charge in [-0.05, 0) is 0 Å². The Bertz CT molecular complexity index is 541. The van der Waals surface area contributed by atoms with E-state index in [-0.39, 0.29) is 10.8 Å². The standard InChI is InChI=1S/C9H15N3O3S2/c1-6(14)12-17(10,15)7-4-11-8(16-7)9(2,3)5-13/h4,13H,5H2,1-3H3,(H2,10,12,14,15). The van der Waals surface area contributed by atoms with E-state index in [0.29, 0.717) is 5.01 Å². The summed E-state index contributed by atoms with van der Waals surface area (Å²) in [7, 11) is -3.21. The van der Waals surface area contributed by atoms with E-state index in [2.05, 4.69) is 9.35 Å². The van der Waals surface area contributed by atoms with E-state index in [1.807, 2.05) is 0 Å². The third-order valence-electron chi connectivity index (χ3n) is 2.01. The zero-order valence-electron chi connectivity index (χ0n) is 9.84. The molecular weight excluding hydrogens is 262 g/mol. The predicted molar refractivity (Wildman–Crippen MR) is 65.9 cm³/mol. The fourth-order valence-electron chi connectivity index (χ4n) is 1.01. The number of carbonyl (C=O) groups excluding carboxylic acids is 1. The van der Waals surface area contributed by atoms with Gasteiger partial charge in [0, 0.05) is 12.3 Å². The van der Waals surface area contributed by atoms with Crippen LogP contribution in [0.25, 0.3) is 0 Å². The van der Waals surface area contributed by atoms with Crippen molar-refractivity contribution in [2.24, 2.45) is 9.50 Å². The zero-order valence-corrected chi connectivity index (χ0v) is 11.5. The van der Waals surface area contributed by atoms with Gasteiger partial charge in [0.25, 0.3) is 5.91 Å². The van der Waals surface area contributed by atoms with E-state index in [1.54, 1.807) is 13.8 Å². The van der Waals surface area contributed by atoms with E-state index in [0.717, 1.165) is 11.3 Å². The molecule has 0 aliphatic rings. The molecule has 0 saturated heterocycles. The maximum Gasteiger partial charge on any atom is 0.251 e. The summed E-state index contributed by atoms with van der Waals surface area (Å²) >= 11 is 1.10. The quantitative estimate of drug-likeness (QED) is 0.846. The Labute approximate surface area is 104 Å². The molecule has 0 aliphatic heterocycles. The van der Waals surface area contributed by atoms with Gasteiger partial charge in [-0.3, -0.25) is 4.79 Å². The molecule has 1 amide bonds. The molecule has 1 rings (SSSR count). The van der Waals surface area contributed by atoms with Crippen molar-refractivity contribution in [2.45, 2.75) is 30.4 Å².